The lowest BCUT2D eigenvalue weighted by Gasteiger charge is -2.31. The van der Waals surface area contributed by atoms with Crippen LogP contribution in [0.1, 0.15) is 136 Å². The summed E-state index contributed by atoms with van der Waals surface area (Å²) in [4.78, 5) is 121. The zero-order valence-electron chi connectivity index (χ0n) is 67.4. The molecule has 15 rings (SSSR count). The van der Waals surface area contributed by atoms with Gasteiger partial charge in [-0.25, -0.2) is 0 Å². The Labute approximate surface area is 607 Å². The molecule has 24 heteroatoms. The highest BCUT2D eigenvalue weighted by molar-refractivity contribution is 6.04. The predicted molar refractivity (Wildman–Crippen MR) is 371 cm³/mol. The van der Waals surface area contributed by atoms with Gasteiger partial charge in [-0.3, -0.25) is 43.2 Å². The van der Waals surface area contributed by atoms with E-state index < -0.39 is 88.3 Å². The molecule has 0 saturated carbocycles. The number of piperidine rings is 3. The summed E-state index contributed by atoms with van der Waals surface area (Å²) in [6.07, 6.45) is 3.44. The van der Waals surface area contributed by atoms with Crippen molar-refractivity contribution in [2.75, 3.05) is 59.0 Å². The van der Waals surface area contributed by atoms with Crippen LogP contribution in [-0.2, 0) is 102 Å². The summed E-state index contributed by atoms with van der Waals surface area (Å²) in [5, 5.41) is 8.19. The summed E-state index contributed by atoms with van der Waals surface area (Å²) in [6.45, 7) is -3.75. The Morgan fingerprint density at radius 2 is 0.765 bits per heavy atom. The predicted octanol–water partition coefficient (Wildman–Crippen LogP) is 7.12. The van der Waals surface area contributed by atoms with Crippen molar-refractivity contribution in [3.63, 3.8) is 0 Å². The van der Waals surface area contributed by atoms with E-state index in [1.165, 1.54) is 0 Å². The Morgan fingerprint density at radius 1 is 0.412 bits per heavy atom. The lowest BCUT2D eigenvalue weighted by Crippen LogP contribution is -2.49. The van der Waals surface area contributed by atoms with Crippen LogP contribution in [0.3, 0.4) is 0 Å². The molecular formula is C78H81N9O15. The van der Waals surface area contributed by atoms with Crippen molar-refractivity contribution in [1.82, 2.24) is 45.3 Å². The first kappa shape index (κ1) is 55.8. The van der Waals surface area contributed by atoms with Crippen LogP contribution in [0.2, 0.25) is 0 Å². The van der Waals surface area contributed by atoms with Gasteiger partial charge in [0.2, 0.25) is 35.4 Å². The third-order valence-corrected chi connectivity index (χ3v) is 18.5. The van der Waals surface area contributed by atoms with Gasteiger partial charge in [-0.1, -0.05) is 111 Å². The number of rotatable bonds is 18. The fraction of sp³-hybridized carbons (Fsp3) is 0.346. The largest absolute Gasteiger partial charge is 0.489 e. The molecule has 0 spiro atoms. The molecule has 6 fully saturated rings. The van der Waals surface area contributed by atoms with Gasteiger partial charge >= 0.3 is 0 Å². The molecule has 6 saturated heterocycles. The number of nitrogens with one attached hydrogen (secondary N) is 3. The van der Waals surface area contributed by atoms with Gasteiger partial charge in [-0.2, -0.15) is 0 Å². The van der Waals surface area contributed by atoms with E-state index in [-0.39, 0.29) is 101 Å². The van der Waals surface area contributed by atoms with Crippen LogP contribution in [0, 0.1) is 0 Å². The maximum atomic E-state index is 13.0. The van der Waals surface area contributed by atoms with Gasteiger partial charge in [0.25, 0.3) is 17.7 Å². The van der Waals surface area contributed by atoms with Gasteiger partial charge in [0, 0.05) is 89.7 Å². The minimum absolute atomic E-state index is 0.0291. The summed E-state index contributed by atoms with van der Waals surface area (Å²) < 4.78 is 125. The molecule has 0 bridgehead atoms. The van der Waals surface area contributed by atoms with Crippen molar-refractivity contribution in [3.05, 3.63) is 231 Å². The second-order valence-electron chi connectivity index (χ2n) is 25.3. The monoisotopic (exact) mass is 1400 g/mol. The van der Waals surface area contributed by atoms with Crippen molar-refractivity contribution < 1.29 is 88.0 Å². The molecule has 9 aliphatic rings. The van der Waals surface area contributed by atoms with Gasteiger partial charge in [0.05, 0.1) is 55.8 Å². The summed E-state index contributed by atoms with van der Waals surface area (Å²) in [5.74, 6) is -2.27. The molecule has 9 heterocycles. The quantitative estimate of drug-likeness (QED) is 0.0774. The number of carbonyl (C=O) groups is 9. The lowest BCUT2D eigenvalue weighted by atomic mass is 10.0. The van der Waals surface area contributed by atoms with Crippen LogP contribution >= 0.6 is 0 Å². The smallest absolute Gasteiger partial charge is 0.255 e. The number of allylic oxidation sites excluding steroid dienone is 3. The first-order valence-corrected chi connectivity index (χ1v) is 33.1. The first-order chi connectivity index (χ1) is 54.0. The van der Waals surface area contributed by atoms with Crippen molar-refractivity contribution >= 4 is 53.2 Å². The topological polar surface area (TPSA) is 265 Å². The molecule has 9 aliphatic heterocycles. The number of amides is 9. The van der Waals surface area contributed by atoms with Crippen LogP contribution in [-0.4, -0.2) is 160 Å². The fourth-order valence-corrected chi connectivity index (χ4v) is 13.0. The second kappa shape index (κ2) is 31.3. The number of hydrogen-bond donors (Lipinski definition) is 3. The lowest BCUT2D eigenvalue weighted by molar-refractivity contribution is -0.144. The third-order valence-electron chi connectivity index (χ3n) is 18.5. The van der Waals surface area contributed by atoms with Crippen LogP contribution in [0.15, 0.2) is 164 Å². The zero-order chi connectivity index (χ0) is 81.6. The van der Waals surface area contributed by atoms with E-state index in [2.05, 4.69) is 40.4 Å². The third kappa shape index (κ3) is 15.9. The van der Waals surface area contributed by atoms with Gasteiger partial charge in [0.15, 0.2) is 0 Å². The normalized spacial score (nSPS) is 27.0. The molecule has 6 aromatic carbocycles. The standard InChI is InChI=1S/3C26H27N3O5/c3*1-17-5-10-22(25(31)27-17)29-14-21-20(26(29)32)3-2-4-23(21)34-15-19-8-6-18(7-9-19)13-28-11-12-33-16-24(28)30/h3*2-4,6-9,22H,1,5,10-16H2,(H,27,31)/i11D,12D2,16D;11D,12D,16D2;12D2,16D2. The second-order valence-corrected chi connectivity index (χ2v) is 25.3. The summed E-state index contributed by atoms with van der Waals surface area (Å²) in [5.41, 5.74) is 10.2. The maximum Gasteiger partial charge on any atom is 0.255 e. The molecule has 7 atom stereocenters. The Morgan fingerprint density at radius 3 is 1.16 bits per heavy atom. The van der Waals surface area contributed by atoms with Crippen LogP contribution in [0.4, 0.5) is 0 Å². The number of benzene rings is 6. The van der Waals surface area contributed by atoms with Crippen LogP contribution < -0.4 is 30.2 Å². The highest BCUT2D eigenvalue weighted by Crippen LogP contribution is 2.38. The van der Waals surface area contributed by atoms with Gasteiger partial charge < -0.3 is 73.8 Å². The number of fused-ring (bicyclic) bond motifs is 3. The van der Waals surface area contributed by atoms with Crippen molar-refractivity contribution in [3.8, 4) is 17.2 Å². The van der Waals surface area contributed by atoms with Crippen molar-refractivity contribution in [2.45, 2.75) is 116 Å². The van der Waals surface area contributed by atoms with Gasteiger partial charge in [-0.05, 0) is 108 Å². The average molecular weight is 1400 g/mol. The van der Waals surface area contributed by atoms with Crippen LogP contribution in [0.25, 0.3) is 0 Å². The Bertz CT molecular complexity index is 4710. The molecule has 102 heavy (non-hydrogen) atoms. The maximum absolute atomic E-state index is 13.0. The van der Waals surface area contributed by atoms with Crippen molar-refractivity contribution in [1.29, 1.82) is 0 Å². The molecule has 528 valence electrons. The Hall–Kier alpha value is -11.0. The minimum atomic E-state index is -2.72. The summed E-state index contributed by atoms with van der Waals surface area (Å²) >= 11 is 0. The van der Waals surface area contributed by atoms with E-state index in [1.807, 2.05) is 12.1 Å². The van der Waals surface area contributed by atoms with E-state index >= 15 is 0 Å². The van der Waals surface area contributed by atoms with Crippen LogP contribution in [0.5, 0.6) is 17.2 Å². The Balaban J connectivity index is 0.000000149. The van der Waals surface area contributed by atoms with Gasteiger partial charge in [0.1, 0.15) is 74.9 Å². The molecule has 3 N–H and O–H groups in total. The molecular weight excluding hydrogens is 1300 g/mol. The van der Waals surface area contributed by atoms with E-state index in [4.69, 9.17) is 40.1 Å². The Kier molecular flexibility index (Phi) is 17.1. The number of nitrogens with zero attached hydrogens (tertiary/aromatic N) is 6. The SMILES string of the molecule is [2H]C1([2H])CN(Cc2ccc(COc3cccc4c3CN(C3CCC(=C)NC3=O)C4=O)cc2)C(=O)C([2H])([2H])O1.[2H]C1OC([2H])([2H])C(=O)N(Cc2ccc(COc3cccc4c3CN(C3CCC(=C)NC3=O)C4=O)cc2)C1[2H].[2H]C1OC([2H])([2H])C([2H])N(Cc2ccc(COc3cccc4c3CN(C3CCC(=C)NC3=O)C4=O)cc2)C1=O. The number of morpholine rings is 3. The van der Waals surface area contributed by atoms with Crippen molar-refractivity contribution in [2.24, 2.45) is 0 Å². The fourth-order valence-electron chi connectivity index (χ4n) is 13.0. The highest BCUT2D eigenvalue weighted by Gasteiger charge is 2.43. The molecule has 6 aromatic rings. The van der Waals surface area contributed by atoms with E-state index in [9.17, 15) is 43.2 Å². The zero-order valence-corrected chi connectivity index (χ0v) is 55.4. The molecule has 0 aromatic heterocycles. The molecule has 7 unspecified atom stereocenters. The van der Waals surface area contributed by atoms with Gasteiger partial charge in [-0.15, -0.1) is 0 Å². The van der Waals surface area contributed by atoms with E-state index in [1.54, 1.807) is 130 Å². The average Bonchev–Trinajstić information content (AvgIpc) is 1.17. The summed E-state index contributed by atoms with van der Waals surface area (Å²) in [6, 6.07) is 35.5. The number of ether oxygens (including phenoxy) is 6. The number of hydrogen-bond acceptors (Lipinski definition) is 15. The van der Waals surface area contributed by atoms with E-state index in [0.717, 1.165) is 48.1 Å². The first-order valence-electron chi connectivity index (χ1n) is 39.4. The minimum Gasteiger partial charge on any atom is -0.489 e. The molecule has 24 nitrogen and oxygen atoms in total. The summed E-state index contributed by atoms with van der Waals surface area (Å²) in [7, 11) is 0. The van der Waals surface area contributed by atoms with E-state index in [0.29, 0.717) is 106 Å². The molecule has 0 radical (unpaired) electrons. The number of carbonyl (C=O) groups excluding carboxylic acids is 9. The molecule has 9 amide bonds. The molecule has 0 aliphatic carbocycles. The highest BCUT2D eigenvalue weighted by atomic mass is 16.5.